The van der Waals surface area contributed by atoms with Crippen molar-refractivity contribution in [3.8, 4) is 0 Å². The van der Waals surface area contributed by atoms with E-state index in [1.54, 1.807) is 43.3 Å². The number of nitro groups is 1. The molecule has 126 valence electrons. The number of nitrogens with two attached hydrogens (primary N) is 1. The summed E-state index contributed by atoms with van der Waals surface area (Å²) in [5.41, 5.74) is 7.57. The Bertz CT molecular complexity index is 714. The topological polar surface area (TPSA) is 86.2 Å². The van der Waals surface area contributed by atoms with E-state index >= 15 is 0 Å². The number of hydrogen-bond acceptors (Lipinski definition) is 3. The van der Waals surface area contributed by atoms with Crippen molar-refractivity contribution in [3.05, 3.63) is 81.2 Å². The monoisotopic (exact) mass is 330 g/mol. The van der Waals surface area contributed by atoms with Crippen molar-refractivity contribution in [1.29, 1.82) is 0 Å². The van der Waals surface area contributed by atoms with Crippen LogP contribution in [0.25, 0.3) is 0 Å². The van der Waals surface area contributed by atoms with Crippen molar-refractivity contribution < 1.29 is 14.1 Å². The fraction of sp³-hybridized carbons (Fsp3) is 0.278. The molecule has 2 rings (SSSR count). The Labute approximate surface area is 139 Å². The van der Waals surface area contributed by atoms with Gasteiger partial charge in [-0.25, -0.2) is 4.39 Å². The minimum Gasteiger partial charge on any atom is -0.369 e. The molecule has 2 unspecified atom stereocenters. The summed E-state index contributed by atoms with van der Waals surface area (Å²) in [4.78, 5) is 22.5. The summed E-state index contributed by atoms with van der Waals surface area (Å²) in [5.74, 6) is -1.40. The molecule has 0 heterocycles. The Morgan fingerprint density at radius 1 is 1.12 bits per heavy atom. The van der Waals surface area contributed by atoms with Crippen LogP contribution in [0.3, 0.4) is 0 Å². The van der Waals surface area contributed by atoms with Crippen LogP contribution in [0.2, 0.25) is 0 Å². The van der Waals surface area contributed by atoms with E-state index in [1.807, 2.05) is 0 Å². The Morgan fingerprint density at radius 2 is 1.67 bits per heavy atom. The SMILES string of the molecule is CCC(c1ccc(C(Cc2ccc(F)cc2)C(N)=O)cc1)[N+](=O)[O-]. The zero-order chi connectivity index (χ0) is 17.7. The number of carbonyl (C=O) groups excluding carboxylic acids is 1. The fourth-order valence-corrected chi connectivity index (χ4v) is 2.70. The number of carbonyl (C=O) groups is 1. The average Bonchev–Trinajstić information content (AvgIpc) is 2.55. The van der Waals surface area contributed by atoms with Crippen molar-refractivity contribution >= 4 is 5.91 Å². The third-order valence-corrected chi connectivity index (χ3v) is 4.06. The predicted octanol–water partition coefficient (Wildman–Crippen LogP) is 3.37. The minimum absolute atomic E-state index is 0.320. The van der Waals surface area contributed by atoms with Gasteiger partial charge in [0.25, 0.3) is 0 Å². The Balaban J connectivity index is 2.23. The summed E-state index contributed by atoms with van der Waals surface area (Å²) in [5, 5.41) is 11.0. The summed E-state index contributed by atoms with van der Waals surface area (Å²) < 4.78 is 13.0. The number of primary amides is 1. The van der Waals surface area contributed by atoms with Gasteiger partial charge in [-0.15, -0.1) is 0 Å². The zero-order valence-corrected chi connectivity index (χ0v) is 13.3. The van der Waals surface area contributed by atoms with Gasteiger partial charge in [-0.1, -0.05) is 43.3 Å². The van der Waals surface area contributed by atoms with E-state index in [0.717, 1.165) is 5.56 Å². The molecule has 0 saturated carbocycles. The van der Waals surface area contributed by atoms with Crippen molar-refractivity contribution in [3.63, 3.8) is 0 Å². The maximum atomic E-state index is 13.0. The molecule has 0 aliphatic rings. The van der Waals surface area contributed by atoms with E-state index in [1.165, 1.54) is 12.1 Å². The van der Waals surface area contributed by atoms with E-state index in [-0.39, 0.29) is 10.7 Å². The van der Waals surface area contributed by atoms with Gasteiger partial charge in [0.15, 0.2) is 0 Å². The largest absolute Gasteiger partial charge is 0.369 e. The van der Waals surface area contributed by atoms with Crippen LogP contribution in [0.4, 0.5) is 4.39 Å². The highest BCUT2D eigenvalue weighted by atomic mass is 19.1. The fourth-order valence-electron chi connectivity index (χ4n) is 2.70. The maximum Gasteiger partial charge on any atom is 0.237 e. The molecule has 0 aliphatic heterocycles. The second-order valence-electron chi connectivity index (χ2n) is 5.66. The lowest BCUT2D eigenvalue weighted by atomic mass is 9.90. The highest BCUT2D eigenvalue weighted by Gasteiger charge is 2.22. The quantitative estimate of drug-likeness (QED) is 0.624. The van der Waals surface area contributed by atoms with Crippen molar-refractivity contribution in [2.45, 2.75) is 31.7 Å². The number of amides is 1. The molecular weight excluding hydrogens is 311 g/mol. The average molecular weight is 330 g/mol. The molecular formula is C18H19FN2O3. The van der Waals surface area contributed by atoms with Crippen LogP contribution in [-0.2, 0) is 11.2 Å². The van der Waals surface area contributed by atoms with E-state index in [0.29, 0.717) is 24.0 Å². The van der Waals surface area contributed by atoms with Gasteiger partial charge in [0.05, 0.1) is 5.92 Å². The van der Waals surface area contributed by atoms with Crippen LogP contribution in [-0.4, -0.2) is 10.8 Å². The van der Waals surface area contributed by atoms with Crippen molar-refractivity contribution in [2.24, 2.45) is 5.73 Å². The highest BCUT2D eigenvalue weighted by molar-refractivity contribution is 5.82. The second-order valence-corrected chi connectivity index (χ2v) is 5.66. The summed E-state index contributed by atoms with van der Waals surface area (Å²) in [7, 11) is 0. The first-order valence-electron chi connectivity index (χ1n) is 7.69. The lowest BCUT2D eigenvalue weighted by molar-refractivity contribution is -0.529. The maximum absolute atomic E-state index is 13.0. The molecule has 2 atom stereocenters. The van der Waals surface area contributed by atoms with Crippen molar-refractivity contribution in [2.75, 3.05) is 0 Å². The smallest absolute Gasteiger partial charge is 0.237 e. The normalized spacial score (nSPS) is 13.2. The number of halogens is 1. The molecule has 0 saturated heterocycles. The van der Waals surface area contributed by atoms with Crippen LogP contribution < -0.4 is 5.73 Å². The number of rotatable bonds is 7. The van der Waals surface area contributed by atoms with Crippen molar-refractivity contribution in [1.82, 2.24) is 0 Å². The lowest BCUT2D eigenvalue weighted by Crippen LogP contribution is -2.23. The molecule has 0 radical (unpaired) electrons. The highest BCUT2D eigenvalue weighted by Crippen LogP contribution is 2.25. The second kappa shape index (κ2) is 7.68. The van der Waals surface area contributed by atoms with Gasteiger partial charge in [0, 0.05) is 16.9 Å². The van der Waals surface area contributed by atoms with E-state index < -0.39 is 17.9 Å². The van der Waals surface area contributed by atoms with Crippen LogP contribution >= 0.6 is 0 Å². The van der Waals surface area contributed by atoms with E-state index in [9.17, 15) is 19.3 Å². The molecule has 0 fully saturated rings. The number of benzene rings is 2. The Morgan fingerprint density at radius 3 is 2.12 bits per heavy atom. The first-order valence-corrected chi connectivity index (χ1v) is 7.69. The van der Waals surface area contributed by atoms with Crippen LogP contribution in [0, 0.1) is 15.9 Å². The van der Waals surface area contributed by atoms with Gasteiger partial charge in [0.1, 0.15) is 5.82 Å². The van der Waals surface area contributed by atoms with Gasteiger partial charge >= 0.3 is 0 Å². The van der Waals surface area contributed by atoms with Gasteiger partial charge in [0.2, 0.25) is 11.9 Å². The third-order valence-electron chi connectivity index (χ3n) is 4.06. The van der Waals surface area contributed by atoms with E-state index in [4.69, 9.17) is 5.73 Å². The van der Waals surface area contributed by atoms with Gasteiger partial charge in [-0.3, -0.25) is 14.9 Å². The standard InChI is InChI=1S/C18H19FN2O3/c1-2-17(21(23)24)14-7-5-13(6-8-14)16(18(20)22)11-12-3-9-15(19)10-4-12/h3-10,16-17H,2,11H2,1H3,(H2,20,22). The molecule has 0 aromatic heterocycles. The molecule has 2 aromatic rings. The molecule has 0 bridgehead atoms. The number of hydrogen-bond donors (Lipinski definition) is 1. The van der Waals surface area contributed by atoms with E-state index in [2.05, 4.69) is 0 Å². The third kappa shape index (κ3) is 4.16. The Kier molecular flexibility index (Phi) is 5.63. The first kappa shape index (κ1) is 17.6. The van der Waals surface area contributed by atoms with Gasteiger partial charge in [-0.2, -0.15) is 0 Å². The molecule has 2 aromatic carbocycles. The molecule has 6 heteroatoms. The molecule has 0 spiro atoms. The summed E-state index contributed by atoms with van der Waals surface area (Å²) in [6.07, 6.45) is 0.739. The molecule has 5 nitrogen and oxygen atoms in total. The predicted molar refractivity (Wildman–Crippen MR) is 88.5 cm³/mol. The Hall–Kier alpha value is -2.76. The zero-order valence-electron chi connectivity index (χ0n) is 13.3. The summed E-state index contributed by atoms with van der Waals surface area (Å²) in [6.45, 7) is 1.75. The van der Waals surface area contributed by atoms with Gasteiger partial charge < -0.3 is 5.73 Å². The summed E-state index contributed by atoms with van der Waals surface area (Å²) in [6, 6.07) is 11.8. The number of nitrogens with zero attached hydrogens (tertiary/aromatic N) is 1. The van der Waals surface area contributed by atoms with Crippen LogP contribution in [0.15, 0.2) is 48.5 Å². The molecule has 1 amide bonds. The molecule has 2 N–H and O–H groups in total. The summed E-state index contributed by atoms with van der Waals surface area (Å²) >= 11 is 0. The molecule has 24 heavy (non-hydrogen) atoms. The first-order chi connectivity index (χ1) is 11.4. The lowest BCUT2D eigenvalue weighted by Gasteiger charge is -2.15. The van der Waals surface area contributed by atoms with Crippen LogP contribution in [0.5, 0.6) is 0 Å². The van der Waals surface area contributed by atoms with Crippen LogP contribution in [0.1, 0.15) is 42.0 Å². The minimum atomic E-state index is -0.761. The van der Waals surface area contributed by atoms with Gasteiger partial charge in [-0.05, 0) is 29.7 Å². The molecule has 0 aliphatic carbocycles.